The van der Waals surface area contributed by atoms with Gasteiger partial charge in [0.25, 0.3) is 0 Å². The molecule has 4 rings (SSSR count). The summed E-state index contributed by atoms with van der Waals surface area (Å²) < 4.78 is 5.25. The van der Waals surface area contributed by atoms with Crippen molar-refractivity contribution in [3.8, 4) is 5.75 Å². The van der Waals surface area contributed by atoms with Crippen molar-refractivity contribution < 1.29 is 14.3 Å². The average Bonchev–Trinajstić information content (AvgIpc) is 2.76. The minimum absolute atomic E-state index is 0.000442. The van der Waals surface area contributed by atoms with Crippen LogP contribution in [0, 0.1) is 11.3 Å². The first-order chi connectivity index (χ1) is 14.9. The van der Waals surface area contributed by atoms with E-state index >= 15 is 0 Å². The van der Waals surface area contributed by atoms with E-state index in [2.05, 4.69) is 29.7 Å². The van der Waals surface area contributed by atoms with Crippen LogP contribution >= 0.6 is 0 Å². The second-order valence-corrected chi connectivity index (χ2v) is 8.81. The molecule has 0 spiro atoms. The van der Waals surface area contributed by atoms with Crippen LogP contribution in [0.2, 0.25) is 0 Å². The average molecular weight is 418 g/mol. The van der Waals surface area contributed by atoms with Gasteiger partial charge in [-0.2, -0.15) is 5.10 Å². The lowest BCUT2D eigenvalue weighted by atomic mass is 9.71. The summed E-state index contributed by atoms with van der Waals surface area (Å²) >= 11 is 0. The van der Waals surface area contributed by atoms with Gasteiger partial charge in [0.2, 0.25) is 5.91 Å². The molecule has 1 unspecified atom stereocenters. The first-order valence-corrected chi connectivity index (χ1v) is 10.4. The van der Waals surface area contributed by atoms with Gasteiger partial charge in [0, 0.05) is 24.2 Å². The number of nitrogens with zero attached hydrogens (tertiary/aromatic N) is 1. The summed E-state index contributed by atoms with van der Waals surface area (Å²) in [5, 5.41) is 7.56. The zero-order chi connectivity index (χ0) is 22.0. The standard InChI is InChI=1S/C25H27N3O3/c1-25(2)13-19-21(20(29)14-25)22(24(30)26-15-16-7-5-4-6-8-16)23(28-27-19)17-9-11-18(31-3)12-10-17/h4-12,22,27H,13-15H2,1-3H3,(H,26,30). The highest BCUT2D eigenvalue weighted by atomic mass is 16.5. The predicted octanol–water partition coefficient (Wildman–Crippen LogP) is 3.58. The van der Waals surface area contributed by atoms with Crippen LogP contribution in [0.3, 0.4) is 0 Å². The molecule has 2 aromatic carbocycles. The number of benzene rings is 2. The third kappa shape index (κ3) is 4.38. The fourth-order valence-electron chi connectivity index (χ4n) is 4.23. The molecule has 1 amide bonds. The van der Waals surface area contributed by atoms with E-state index in [1.165, 1.54) is 0 Å². The minimum atomic E-state index is -0.753. The minimum Gasteiger partial charge on any atom is -0.497 e. The van der Waals surface area contributed by atoms with Crippen LogP contribution in [-0.4, -0.2) is 24.5 Å². The van der Waals surface area contributed by atoms with Crippen molar-refractivity contribution in [1.82, 2.24) is 10.7 Å². The van der Waals surface area contributed by atoms with E-state index < -0.39 is 5.92 Å². The van der Waals surface area contributed by atoms with Gasteiger partial charge in [-0.25, -0.2) is 0 Å². The number of hydrazone groups is 1. The summed E-state index contributed by atoms with van der Waals surface area (Å²) in [5.74, 6) is -0.259. The van der Waals surface area contributed by atoms with Crippen molar-refractivity contribution in [1.29, 1.82) is 0 Å². The summed E-state index contributed by atoms with van der Waals surface area (Å²) in [4.78, 5) is 26.6. The highest BCUT2D eigenvalue weighted by molar-refractivity contribution is 6.21. The molecule has 1 aliphatic carbocycles. The fraction of sp³-hybridized carbons (Fsp3) is 0.320. The van der Waals surface area contributed by atoms with E-state index in [-0.39, 0.29) is 17.1 Å². The summed E-state index contributed by atoms with van der Waals surface area (Å²) in [6, 6.07) is 17.1. The molecule has 6 heteroatoms. The Hall–Kier alpha value is -3.41. The maximum atomic E-state index is 13.4. The number of ketones is 1. The van der Waals surface area contributed by atoms with Crippen LogP contribution in [-0.2, 0) is 16.1 Å². The number of amides is 1. The number of nitrogens with one attached hydrogen (secondary N) is 2. The molecule has 1 aliphatic heterocycles. The first kappa shape index (κ1) is 20.8. The third-order valence-corrected chi connectivity index (χ3v) is 5.75. The zero-order valence-corrected chi connectivity index (χ0v) is 18.1. The maximum absolute atomic E-state index is 13.4. The lowest BCUT2D eigenvalue weighted by Gasteiger charge is -2.37. The Morgan fingerprint density at radius 3 is 2.52 bits per heavy atom. The molecule has 0 saturated heterocycles. The Morgan fingerprint density at radius 2 is 1.84 bits per heavy atom. The summed E-state index contributed by atoms with van der Waals surface area (Å²) in [7, 11) is 1.61. The van der Waals surface area contributed by atoms with Gasteiger partial charge in [-0.05, 0) is 47.2 Å². The van der Waals surface area contributed by atoms with Crippen LogP contribution in [0.1, 0.15) is 37.8 Å². The SMILES string of the molecule is COc1ccc(C2=NNC3=C(C(=O)CC(C)(C)C3)C2C(=O)NCc2ccccc2)cc1. The van der Waals surface area contributed by atoms with Gasteiger partial charge in [-0.15, -0.1) is 0 Å². The molecule has 6 nitrogen and oxygen atoms in total. The molecule has 0 bridgehead atoms. The molecule has 2 aliphatic rings. The Bertz CT molecular complexity index is 1050. The fourth-order valence-corrected chi connectivity index (χ4v) is 4.23. The summed E-state index contributed by atoms with van der Waals surface area (Å²) in [6.07, 6.45) is 1.09. The predicted molar refractivity (Wildman–Crippen MR) is 119 cm³/mol. The maximum Gasteiger partial charge on any atom is 0.234 e. The number of hydrogen-bond acceptors (Lipinski definition) is 5. The highest BCUT2D eigenvalue weighted by Crippen LogP contribution is 2.40. The molecule has 2 N–H and O–H groups in total. The number of carbonyl (C=O) groups is 2. The molecule has 1 heterocycles. The Balaban J connectivity index is 1.68. The van der Waals surface area contributed by atoms with Crippen LogP contribution in [0.25, 0.3) is 0 Å². The largest absolute Gasteiger partial charge is 0.497 e. The second kappa shape index (κ2) is 8.38. The lowest BCUT2D eigenvalue weighted by Crippen LogP contribution is -2.45. The third-order valence-electron chi connectivity index (χ3n) is 5.75. The Labute approximate surface area is 182 Å². The van der Waals surface area contributed by atoms with Gasteiger partial charge in [0.05, 0.1) is 12.8 Å². The normalized spacial score (nSPS) is 19.8. The number of allylic oxidation sites excluding steroid dienone is 1. The molecule has 0 radical (unpaired) electrons. The van der Waals surface area contributed by atoms with E-state index in [1.807, 2.05) is 54.6 Å². The highest BCUT2D eigenvalue weighted by Gasteiger charge is 2.43. The van der Waals surface area contributed by atoms with Crippen LogP contribution in [0.4, 0.5) is 0 Å². The van der Waals surface area contributed by atoms with Crippen molar-refractivity contribution in [3.63, 3.8) is 0 Å². The topological polar surface area (TPSA) is 79.8 Å². The van der Waals surface area contributed by atoms with E-state index in [0.29, 0.717) is 36.4 Å². The lowest BCUT2D eigenvalue weighted by molar-refractivity contribution is -0.125. The van der Waals surface area contributed by atoms with Gasteiger partial charge in [-0.3, -0.25) is 15.0 Å². The van der Waals surface area contributed by atoms with Gasteiger partial charge < -0.3 is 10.1 Å². The van der Waals surface area contributed by atoms with Gasteiger partial charge in [0.1, 0.15) is 11.7 Å². The van der Waals surface area contributed by atoms with Crippen molar-refractivity contribution in [2.24, 2.45) is 16.4 Å². The molecule has 160 valence electrons. The molecule has 31 heavy (non-hydrogen) atoms. The molecule has 2 aromatic rings. The quantitative estimate of drug-likeness (QED) is 0.779. The second-order valence-electron chi connectivity index (χ2n) is 8.81. The first-order valence-electron chi connectivity index (χ1n) is 10.4. The van der Waals surface area contributed by atoms with Gasteiger partial charge in [0.15, 0.2) is 5.78 Å². The number of carbonyl (C=O) groups excluding carboxylic acids is 2. The Morgan fingerprint density at radius 1 is 1.13 bits per heavy atom. The smallest absolute Gasteiger partial charge is 0.234 e. The number of Topliss-reactive ketones (excluding diaryl/α,β-unsaturated/α-hetero) is 1. The number of ether oxygens (including phenoxy) is 1. The zero-order valence-electron chi connectivity index (χ0n) is 18.1. The van der Waals surface area contributed by atoms with Crippen molar-refractivity contribution in [2.45, 2.75) is 33.2 Å². The Kier molecular flexibility index (Phi) is 5.63. The molecular formula is C25H27N3O3. The van der Waals surface area contributed by atoms with Gasteiger partial charge >= 0.3 is 0 Å². The van der Waals surface area contributed by atoms with Crippen molar-refractivity contribution >= 4 is 17.4 Å². The number of rotatable bonds is 5. The van der Waals surface area contributed by atoms with Crippen molar-refractivity contribution in [2.75, 3.05) is 7.11 Å². The summed E-state index contributed by atoms with van der Waals surface area (Å²) in [6.45, 7) is 4.51. The van der Waals surface area contributed by atoms with Crippen LogP contribution in [0.5, 0.6) is 5.75 Å². The van der Waals surface area contributed by atoms with Crippen LogP contribution in [0.15, 0.2) is 71.0 Å². The van der Waals surface area contributed by atoms with E-state index in [9.17, 15) is 9.59 Å². The number of hydrogen-bond donors (Lipinski definition) is 2. The monoisotopic (exact) mass is 417 g/mol. The van der Waals surface area contributed by atoms with E-state index in [0.717, 1.165) is 16.8 Å². The van der Waals surface area contributed by atoms with Gasteiger partial charge in [-0.1, -0.05) is 44.2 Å². The summed E-state index contributed by atoms with van der Waals surface area (Å²) in [5.41, 5.74) is 6.51. The molecule has 0 fully saturated rings. The molecule has 1 atom stereocenters. The van der Waals surface area contributed by atoms with E-state index in [1.54, 1.807) is 7.11 Å². The van der Waals surface area contributed by atoms with Crippen molar-refractivity contribution in [3.05, 3.63) is 77.0 Å². The number of methoxy groups -OCH3 is 1. The molecule has 0 aromatic heterocycles. The van der Waals surface area contributed by atoms with Crippen LogP contribution < -0.4 is 15.5 Å². The van der Waals surface area contributed by atoms with E-state index in [4.69, 9.17) is 4.74 Å². The molecule has 0 saturated carbocycles. The molecular weight excluding hydrogens is 390 g/mol.